The Hall–Kier alpha value is -1.89. The molecular weight excluding hydrogens is 294 g/mol. The Morgan fingerprint density at radius 3 is 2.82 bits per heavy atom. The number of benzene rings is 1. The molecule has 1 saturated carbocycles. The van der Waals surface area contributed by atoms with Gasteiger partial charge < -0.3 is 20.5 Å². The molecule has 0 heterocycles. The third-order valence-corrected chi connectivity index (χ3v) is 3.78. The highest BCUT2D eigenvalue weighted by atomic mass is 19.3. The van der Waals surface area contributed by atoms with E-state index in [-0.39, 0.29) is 30.2 Å². The first-order valence-corrected chi connectivity index (χ1v) is 7.14. The summed E-state index contributed by atoms with van der Waals surface area (Å²) in [6, 6.07) is 4.56. The number of methoxy groups -OCH3 is 1. The smallest absolute Gasteiger partial charge is 0.387 e. The quantitative estimate of drug-likeness (QED) is 0.843. The van der Waals surface area contributed by atoms with Gasteiger partial charge in [-0.15, -0.1) is 0 Å². The van der Waals surface area contributed by atoms with Crippen LogP contribution in [-0.2, 0) is 11.3 Å². The zero-order valence-electron chi connectivity index (χ0n) is 12.4. The summed E-state index contributed by atoms with van der Waals surface area (Å²) in [5, 5.41) is 2.75. The Labute approximate surface area is 127 Å². The standard InChI is InChI=1S/C15H20F2N2O3/c1-21-12-4-5-13(22-15(16)17)10(7-12)8-19-14(20)9-2-3-11(18)6-9/h4-5,7,9,11,15H,2-3,6,8,18H2,1H3,(H,19,20). The predicted molar refractivity (Wildman–Crippen MR) is 76.8 cm³/mol. The molecule has 2 rings (SSSR count). The number of hydrogen-bond donors (Lipinski definition) is 2. The molecule has 3 N–H and O–H groups in total. The topological polar surface area (TPSA) is 73.6 Å². The highest BCUT2D eigenvalue weighted by Gasteiger charge is 2.27. The van der Waals surface area contributed by atoms with Gasteiger partial charge in [-0.25, -0.2) is 0 Å². The molecular formula is C15H20F2N2O3. The molecule has 5 nitrogen and oxygen atoms in total. The molecule has 0 bridgehead atoms. The second kappa shape index (κ2) is 7.40. The Balaban J connectivity index is 2.02. The van der Waals surface area contributed by atoms with Crippen molar-refractivity contribution in [3.63, 3.8) is 0 Å². The van der Waals surface area contributed by atoms with Crippen LogP contribution in [0.5, 0.6) is 11.5 Å². The molecule has 1 aliphatic rings. The van der Waals surface area contributed by atoms with Gasteiger partial charge in [0.25, 0.3) is 0 Å². The van der Waals surface area contributed by atoms with E-state index >= 15 is 0 Å². The first-order valence-electron chi connectivity index (χ1n) is 7.14. The lowest BCUT2D eigenvalue weighted by molar-refractivity contribution is -0.125. The normalized spacial score (nSPS) is 21.0. The summed E-state index contributed by atoms with van der Waals surface area (Å²) in [4.78, 5) is 12.1. The van der Waals surface area contributed by atoms with Gasteiger partial charge in [-0.1, -0.05) is 0 Å². The lowest BCUT2D eigenvalue weighted by Gasteiger charge is -2.15. The van der Waals surface area contributed by atoms with E-state index in [1.165, 1.54) is 19.2 Å². The maximum absolute atomic E-state index is 12.4. The second-order valence-electron chi connectivity index (χ2n) is 5.34. The molecule has 22 heavy (non-hydrogen) atoms. The Bertz CT molecular complexity index is 526. The molecule has 2 unspecified atom stereocenters. The van der Waals surface area contributed by atoms with Gasteiger partial charge in [0.05, 0.1) is 7.11 Å². The number of halogens is 2. The Morgan fingerprint density at radius 2 is 2.23 bits per heavy atom. The minimum atomic E-state index is -2.92. The predicted octanol–water partition coefficient (Wildman–Crippen LogP) is 2.04. The number of alkyl halides is 2. The van der Waals surface area contributed by atoms with Crippen LogP contribution in [0, 0.1) is 5.92 Å². The van der Waals surface area contributed by atoms with Crippen LogP contribution in [0.1, 0.15) is 24.8 Å². The summed E-state index contributed by atoms with van der Waals surface area (Å²) in [5.74, 6) is 0.312. The molecule has 1 amide bonds. The summed E-state index contributed by atoms with van der Waals surface area (Å²) < 4.78 is 34.4. The van der Waals surface area contributed by atoms with E-state index < -0.39 is 6.61 Å². The number of hydrogen-bond acceptors (Lipinski definition) is 4. The number of carbonyl (C=O) groups excluding carboxylic acids is 1. The molecule has 1 fully saturated rings. The first-order chi connectivity index (χ1) is 10.5. The Morgan fingerprint density at radius 1 is 1.45 bits per heavy atom. The number of nitrogens with two attached hydrogens (primary N) is 1. The van der Waals surface area contributed by atoms with Gasteiger partial charge in [0.15, 0.2) is 0 Å². The van der Waals surface area contributed by atoms with E-state index in [9.17, 15) is 13.6 Å². The molecule has 0 aromatic heterocycles. The van der Waals surface area contributed by atoms with Crippen molar-refractivity contribution in [2.75, 3.05) is 7.11 Å². The molecule has 0 spiro atoms. The monoisotopic (exact) mass is 314 g/mol. The highest BCUT2D eigenvalue weighted by molar-refractivity contribution is 5.79. The number of rotatable bonds is 6. The van der Waals surface area contributed by atoms with Gasteiger partial charge in [-0.05, 0) is 37.5 Å². The molecule has 2 atom stereocenters. The summed E-state index contributed by atoms with van der Waals surface area (Å²) in [7, 11) is 1.48. The third kappa shape index (κ3) is 4.30. The molecule has 0 saturated heterocycles. The van der Waals surface area contributed by atoms with E-state index in [0.29, 0.717) is 17.7 Å². The van der Waals surface area contributed by atoms with Crippen molar-refractivity contribution in [2.24, 2.45) is 11.7 Å². The van der Waals surface area contributed by atoms with Crippen LogP contribution in [0.3, 0.4) is 0 Å². The second-order valence-corrected chi connectivity index (χ2v) is 5.34. The fourth-order valence-electron chi connectivity index (χ4n) is 2.61. The van der Waals surface area contributed by atoms with Crippen LogP contribution in [-0.4, -0.2) is 25.7 Å². The number of ether oxygens (including phenoxy) is 2. The first kappa shape index (κ1) is 16.5. The zero-order chi connectivity index (χ0) is 16.1. The van der Waals surface area contributed by atoms with Gasteiger partial charge in [-0.2, -0.15) is 8.78 Å². The van der Waals surface area contributed by atoms with Crippen LogP contribution >= 0.6 is 0 Å². The van der Waals surface area contributed by atoms with Crippen molar-refractivity contribution in [2.45, 2.75) is 38.5 Å². The molecule has 0 radical (unpaired) electrons. The SMILES string of the molecule is COc1ccc(OC(F)F)c(CNC(=O)C2CCC(N)C2)c1. The van der Waals surface area contributed by atoms with Crippen LogP contribution in [0.25, 0.3) is 0 Å². The van der Waals surface area contributed by atoms with E-state index in [2.05, 4.69) is 10.1 Å². The van der Waals surface area contributed by atoms with Crippen molar-refractivity contribution >= 4 is 5.91 Å². The average Bonchev–Trinajstić information content (AvgIpc) is 2.92. The summed E-state index contributed by atoms with van der Waals surface area (Å²) >= 11 is 0. The van der Waals surface area contributed by atoms with Crippen LogP contribution in [0.4, 0.5) is 8.78 Å². The number of carbonyl (C=O) groups is 1. The van der Waals surface area contributed by atoms with Crippen molar-refractivity contribution in [1.29, 1.82) is 0 Å². The van der Waals surface area contributed by atoms with Gasteiger partial charge in [0.1, 0.15) is 11.5 Å². The fraction of sp³-hybridized carbons (Fsp3) is 0.533. The lowest BCUT2D eigenvalue weighted by atomic mass is 10.1. The van der Waals surface area contributed by atoms with E-state index in [1.807, 2.05) is 0 Å². The van der Waals surface area contributed by atoms with Crippen LogP contribution < -0.4 is 20.5 Å². The average molecular weight is 314 g/mol. The minimum absolute atomic E-state index is 0.0271. The zero-order valence-corrected chi connectivity index (χ0v) is 12.4. The molecule has 1 aromatic rings. The van der Waals surface area contributed by atoms with E-state index in [0.717, 1.165) is 12.8 Å². The van der Waals surface area contributed by atoms with Crippen molar-refractivity contribution < 1.29 is 23.0 Å². The molecule has 1 aliphatic carbocycles. The fourth-order valence-corrected chi connectivity index (χ4v) is 2.61. The molecule has 1 aromatic carbocycles. The maximum atomic E-state index is 12.4. The van der Waals surface area contributed by atoms with Crippen molar-refractivity contribution in [3.05, 3.63) is 23.8 Å². The highest BCUT2D eigenvalue weighted by Crippen LogP contribution is 2.27. The van der Waals surface area contributed by atoms with Gasteiger partial charge in [0.2, 0.25) is 5.91 Å². The summed E-state index contributed by atoms with van der Waals surface area (Å²) in [6.07, 6.45) is 2.24. The lowest BCUT2D eigenvalue weighted by Crippen LogP contribution is -2.30. The van der Waals surface area contributed by atoms with Crippen LogP contribution in [0.15, 0.2) is 18.2 Å². The number of amides is 1. The van der Waals surface area contributed by atoms with Crippen molar-refractivity contribution in [1.82, 2.24) is 5.32 Å². The van der Waals surface area contributed by atoms with Crippen LogP contribution in [0.2, 0.25) is 0 Å². The summed E-state index contributed by atoms with van der Waals surface area (Å²) in [5.41, 5.74) is 6.23. The molecule has 7 heteroatoms. The van der Waals surface area contributed by atoms with Crippen molar-refractivity contribution in [3.8, 4) is 11.5 Å². The Kier molecular flexibility index (Phi) is 5.54. The van der Waals surface area contributed by atoms with E-state index in [4.69, 9.17) is 10.5 Å². The van der Waals surface area contributed by atoms with E-state index in [1.54, 1.807) is 6.07 Å². The molecule has 0 aliphatic heterocycles. The third-order valence-electron chi connectivity index (χ3n) is 3.78. The number of nitrogens with one attached hydrogen (secondary N) is 1. The van der Waals surface area contributed by atoms with Gasteiger partial charge in [-0.3, -0.25) is 4.79 Å². The van der Waals surface area contributed by atoms with Gasteiger partial charge >= 0.3 is 6.61 Å². The summed E-state index contributed by atoms with van der Waals surface area (Å²) in [6.45, 7) is -2.82. The van der Waals surface area contributed by atoms with Gasteiger partial charge in [0, 0.05) is 24.1 Å². The maximum Gasteiger partial charge on any atom is 0.387 e. The largest absolute Gasteiger partial charge is 0.497 e. The molecule has 122 valence electrons. The minimum Gasteiger partial charge on any atom is -0.497 e.